The molecule has 0 fully saturated rings. The zero-order chi connectivity index (χ0) is 21.9. The smallest absolute Gasteiger partial charge is 0.180 e. The van der Waals surface area contributed by atoms with Gasteiger partial charge >= 0.3 is 0 Å². The average Bonchev–Trinajstić information content (AvgIpc) is 3.47. The van der Waals surface area contributed by atoms with Gasteiger partial charge in [-0.3, -0.25) is 0 Å². The van der Waals surface area contributed by atoms with E-state index in [4.69, 9.17) is 4.98 Å². The lowest BCUT2D eigenvalue weighted by atomic mass is 9.98. The van der Waals surface area contributed by atoms with Gasteiger partial charge in [-0.25, -0.2) is 10.1 Å². The van der Waals surface area contributed by atoms with Crippen LogP contribution in [0, 0.1) is 0 Å². The first-order valence-electron chi connectivity index (χ1n) is 10.8. The van der Waals surface area contributed by atoms with Gasteiger partial charge in [-0.2, -0.15) is 0 Å². The van der Waals surface area contributed by atoms with E-state index in [-0.39, 0.29) is 5.75 Å². The molecule has 0 aliphatic carbocycles. The molecule has 2 aromatic heterocycles. The molecule has 0 unspecified atom stereocenters. The molecule has 0 saturated heterocycles. The molecule has 0 saturated carbocycles. The highest BCUT2D eigenvalue weighted by Crippen LogP contribution is 2.30. The Labute approximate surface area is 185 Å². The summed E-state index contributed by atoms with van der Waals surface area (Å²) in [6.45, 7) is 2.92. The van der Waals surface area contributed by atoms with Gasteiger partial charge in [-0.05, 0) is 45.7 Å². The quantitative estimate of drug-likeness (QED) is 0.384. The van der Waals surface area contributed by atoms with Gasteiger partial charge in [-0.15, -0.1) is 5.10 Å². The molecule has 160 valence electrons. The number of aromatic amines is 1. The first-order chi connectivity index (χ1) is 15.7. The van der Waals surface area contributed by atoms with Crippen molar-refractivity contribution in [2.45, 2.75) is 32.7 Å². The Hall–Kier alpha value is -4.00. The number of unbranched alkanes of at least 4 members (excludes halogenated alkanes) is 1. The number of H-pyrrole nitrogens is 1. The van der Waals surface area contributed by atoms with E-state index >= 15 is 0 Å². The van der Waals surface area contributed by atoms with Crippen molar-refractivity contribution in [3.63, 3.8) is 0 Å². The Morgan fingerprint density at radius 1 is 0.969 bits per heavy atom. The van der Waals surface area contributed by atoms with Crippen LogP contribution in [-0.2, 0) is 13.0 Å². The van der Waals surface area contributed by atoms with E-state index < -0.39 is 0 Å². The Morgan fingerprint density at radius 2 is 1.78 bits per heavy atom. The summed E-state index contributed by atoms with van der Waals surface area (Å²) in [5.74, 6) is 1.95. The number of phenols is 1. The zero-order valence-electron chi connectivity index (χ0n) is 17.9. The van der Waals surface area contributed by atoms with E-state index in [1.807, 2.05) is 24.3 Å². The first kappa shape index (κ1) is 19.9. The second kappa shape index (κ2) is 8.63. The number of nitrogens with zero attached hydrogens (tertiary/aromatic N) is 5. The summed E-state index contributed by atoms with van der Waals surface area (Å²) in [4.78, 5) is 4.79. The molecule has 7 heteroatoms. The Morgan fingerprint density at radius 3 is 2.53 bits per heavy atom. The van der Waals surface area contributed by atoms with Crippen LogP contribution in [0.2, 0.25) is 0 Å². The second-order valence-corrected chi connectivity index (χ2v) is 7.88. The predicted octanol–water partition coefficient (Wildman–Crippen LogP) is 4.98. The van der Waals surface area contributed by atoms with Crippen LogP contribution in [0.5, 0.6) is 5.75 Å². The topological polar surface area (TPSA) is 92.5 Å². The van der Waals surface area contributed by atoms with Crippen LogP contribution in [0.3, 0.4) is 0 Å². The normalized spacial score (nSPS) is 11.3. The van der Waals surface area contributed by atoms with Crippen LogP contribution in [0.1, 0.15) is 31.2 Å². The van der Waals surface area contributed by atoms with Crippen molar-refractivity contribution in [3.8, 4) is 28.3 Å². The van der Waals surface area contributed by atoms with Crippen molar-refractivity contribution in [1.82, 2.24) is 30.2 Å². The summed E-state index contributed by atoms with van der Waals surface area (Å²) in [5, 5.41) is 24.2. The van der Waals surface area contributed by atoms with Crippen molar-refractivity contribution in [2.75, 3.05) is 0 Å². The molecule has 0 spiro atoms. The molecular formula is C25H24N6O. The number of aryl methyl sites for hydroxylation is 1. The fourth-order valence-electron chi connectivity index (χ4n) is 4.06. The molecule has 3 aromatic carbocycles. The zero-order valence-corrected chi connectivity index (χ0v) is 17.9. The molecule has 5 aromatic rings. The largest absolute Gasteiger partial charge is 0.508 e. The van der Waals surface area contributed by atoms with Crippen molar-refractivity contribution in [1.29, 1.82) is 0 Å². The van der Waals surface area contributed by atoms with Crippen LogP contribution >= 0.6 is 0 Å². The Bertz CT molecular complexity index is 1340. The maximum Gasteiger partial charge on any atom is 0.180 e. The number of rotatable bonds is 7. The van der Waals surface area contributed by atoms with E-state index in [0.717, 1.165) is 59.4 Å². The van der Waals surface area contributed by atoms with E-state index in [2.05, 4.69) is 62.4 Å². The third kappa shape index (κ3) is 3.85. The first-order valence-corrected chi connectivity index (χ1v) is 10.8. The lowest BCUT2D eigenvalue weighted by Gasteiger charge is -2.11. The Balaban J connectivity index is 1.47. The number of imidazole rings is 1. The molecule has 0 bridgehead atoms. The predicted molar refractivity (Wildman–Crippen MR) is 124 cm³/mol. The lowest BCUT2D eigenvalue weighted by Crippen LogP contribution is -2.05. The summed E-state index contributed by atoms with van der Waals surface area (Å²) in [6.07, 6.45) is 3.12. The van der Waals surface area contributed by atoms with Crippen LogP contribution in [0.15, 0.2) is 66.7 Å². The maximum absolute atomic E-state index is 9.86. The number of hydrogen-bond acceptors (Lipinski definition) is 5. The van der Waals surface area contributed by atoms with Crippen LogP contribution in [-0.4, -0.2) is 35.3 Å². The highest BCUT2D eigenvalue weighted by Gasteiger charge is 2.13. The van der Waals surface area contributed by atoms with Gasteiger partial charge in [0, 0.05) is 24.6 Å². The van der Waals surface area contributed by atoms with Crippen molar-refractivity contribution in [2.24, 2.45) is 0 Å². The maximum atomic E-state index is 9.86. The number of fused-ring (bicyclic) bond motifs is 1. The summed E-state index contributed by atoms with van der Waals surface area (Å²) < 4.78 is 2.26. The van der Waals surface area contributed by atoms with E-state index in [9.17, 15) is 5.11 Å². The van der Waals surface area contributed by atoms with E-state index in [1.165, 1.54) is 5.56 Å². The number of phenolic OH excluding ortho intramolecular Hbond substituents is 1. The molecule has 7 nitrogen and oxygen atoms in total. The third-order valence-corrected chi connectivity index (χ3v) is 5.70. The number of tetrazole rings is 1. The SMILES string of the molecule is CCCCc1nc2cc(O)ccc2n1Cc1ccc(-c2ccccc2-c2nnn[nH]2)cc1. The average molecular weight is 425 g/mol. The van der Waals surface area contributed by atoms with E-state index in [0.29, 0.717) is 5.82 Å². The van der Waals surface area contributed by atoms with Crippen molar-refractivity contribution < 1.29 is 5.11 Å². The van der Waals surface area contributed by atoms with Crippen molar-refractivity contribution >= 4 is 11.0 Å². The molecular weight excluding hydrogens is 400 g/mol. The number of hydrogen-bond donors (Lipinski definition) is 2. The van der Waals surface area contributed by atoms with Crippen molar-refractivity contribution in [3.05, 3.63) is 78.1 Å². The molecule has 0 aliphatic rings. The van der Waals surface area contributed by atoms with Gasteiger partial charge in [0.05, 0.1) is 11.0 Å². The highest BCUT2D eigenvalue weighted by atomic mass is 16.3. The highest BCUT2D eigenvalue weighted by molar-refractivity contribution is 5.80. The van der Waals surface area contributed by atoms with Crippen LogP contribution < -0.4 is 0 Å². The van der Waals surface area contributed by atoms with Gasteiger partial charge in [0.25, 0.3) is 0 Å². The summed E-state index contributed by atoms with van der Waals surface area (Å²) in [6, 6.07) is 22.1. The minimum absolute atomic E-state index is 0.245. The molecule has 32 heavy (non-hydrogen) atoms. The molecule has 0 amide bonds. The van der Waals surface area contributed by atoms with Gasteiger partial charge in [0.1, 0.15) is 11.6 Å². The number of aromatic hydroxyl groups is 1. The Kier molecular flexibility index (Phi) is 5.37. The van der Waals surface area contributed by atoms with E-state index in [1.54, 1.807) is 12.1 Å². The monoisotopic (exact) mass is 424 g/mol. The van der Waals surface area contributed by atoms with Crippen LogP contribution in [0.25, 0.3) is 33.5 Å². The number of nitrogens with one attached hydrogen (secondary N) is 1. The number of benzene rings is 3. The molecule has 0 atom stereocenters. The summed E-state index contributed by atoms with van der Waals surface area (Å²) in [7, 11) is 0. The third-order valence-electron chi connectivity index (χ3n) is 5.70. The summed E-state index contributed by atoms with van der Waals surface area (Å²) >= 11 is 0. The van der Waals surface area contributed by atoms with Gasteiger partial charge < -0.3 is 9.67 Å². The molecule has 2 N–H and O–H groups in total. The molecule has 0 aliphatic heterocycles. The number of aromatic nitrogens is 6. The minimum Gasteiger partial charge on any atom is -0.508 e. The van der Waals surface area contributed by atoms with Gasteiger partial charge in [-0.1, -0.05) is 61.9 Å². The standard InChI is InChI=1S/C25H24N6O/c1-2-3-8-24-26-22-15-19(32)13-14-23(22)31(24)16-17-9-11-18(12-10-17)20-6-4-5-7-21(20)25-27-29-30-28-25/h4-7,9-15,32H,2-3,8,16H2,1H3,(H,27,28,29,30). The fourth-order valence-corrected chi connectivity index (χ4v) is 4.06. The molecule has 0 radical (unpaired) electrons. The second-order valence-electron chi connectivity index (χ2n) is 7.88. The molecule has 2 heterocycles. The fraction of sp³-hybridized carbons (Fsp3) is 0.200. The van der Waals surface area contributed by atoms with Gasteiger partial charge in [0.2, 0.25) is 0 Å². The lowest BCUT2D eigenvalue weighted by molar-refractivity contribution is 0.476. The van der Waals surface area contributed by atoms with Gasteiger partial charge in [0.15, 0.2) is 5.82 Å². The molecule has 5 rings (SSSR count). The summed E-state index contributed by atoms with van der Waals surface area (Å²) in [5.41, 5.74) is 6.21. The van der Waals surface area contributed by atoms with Crippen LogP contribution in [0.4, 0.5) is 0 Å². The minimum atomic E-state index is 0.245.